The van der Waals surface area contributed by atoms with E-state index in [0.29, 0.717) is 0 Å². The van der Waals surface area contributed by atoms with Gasteiger partial charge in [-0.2, -0.15) is 0 Å². The lowest BCUT2D eigenvalue weighted by molar-refractivity contribution is -0.308. The molecule has 2 saturated heterocycles. The summed E-state index contributed by atoms with van der Waals surface area (Å²) in [7, 11) is 1.12. The molecule has 18 nitrogen and oxygen atoms in total. The zero-order chi connectivity index (χ0) is 49.1. The average molecular weight is 938 g/mol. The molecule has 2 fully saturated rings. The summed E-state index contributed by atoms with van der Waals surface area (Å²) >= 11 is 0. The molecule has 0 amide bonds. The zero-order valence-electron chi connectivity index (χ0n) is 38.5. The van der Waals surface area contributed by atoms with Gasteiger partial charge in [-0.05, 0) is 33.1 Å². The number of ether oxygens (including phenoxy) is 5. The van der Waals surface area contributed by atoms with E-state index in [9.17, 15) is 60.7 Å². The van der Waals surface area contributed by atoms with Crippen molar-refractivity contribution < 1.29 is 84.3 Å². The molecule has 0 aliphatic carbocycles. The molecule has 66 heavy (non-hydrogen) atoms. The van der Waals surface area contributed by atoms with Gasteiger partial charge in [-0.1, -0.05) is 98.9 Å². The van der Waals surface area contributed by atoms with Crippen LogP contribution in [0.25, 0.3) is 0 Å². The van der Waals surface area contributed by atoms with Crippen LogP contribution in [-0.2, 0) is 33.3 Å². The van der Waals surface area contributed by atoms with Crippen LogP contribution in [0.5, 0.6) is 0 Å². The molecule has 374 valence electrons. The Kier molecular flexibility index (Phi) is 24.3. The fourth-order valence-corrected chi connectivity index (χ4v) is 8.09. The number of allylic oxidation sites excluding steroid dienone is 12. The normalized spacial score (nSPS) is 41.5. The van der Waals surface area contributed by atoms with Crippen LogP contribution in [0.2, 0.25) is 0 Å². The minimum Gasteiger partial charge on any atom is -0.469 e. The summed E-state index contributed by atoms with van der Waals surface area (Å²) < 4.78 is 28.4. The minimum atomic E-state index is -2.23. The Labute approximate surface area is 387 Å². The third-order valence-electron chi connectivity index (χ3n) is 12.2. The number of methoxy groups -OCH3 is 1. The second-order valence-corrected chi connectivity index (χ2v) is 17.8. The van der Waals surface area contributed by atoms with Gasteiger partial charge in [0, 0.05) is 37.5 Å². The number of esters is 2. The van der Waals surface area contributed by atoms with Crippen molar-refractivity contribution in [2.24, 2.45) is 23.5 Å². The molecule has 0 spiro atoms. The fourth-order valence-electron chi connectivity index (χ4n) is 8.09. The van der Waals surface area contributed by atoms with E-state index in [1.54, 1.807) is 75.5 Å². The van der Waals surface area contributed by atoms with E-state index in [1.165, 1.54) is 0 Å². The first-order valence-electron chi connectivity index (χ1n) is 22.7. The van der Waals surface area contributed by atoms with Gasteiger partial charge in [-0.15, -0.1) is 0 Å². The summed E-state index contributed by atoms with van der Waals surface area (Å²) in [5.41, 5.74) is 6.05. The molecule has 2 bridgehead atoms. The first kappa shape index (κ1) is 56.9. The molecule has 0 aromatic carbocycles. The van der Waals surface area contributed by atoms with Crippen LogP contribution in [0.4, 0.5) is 0 Å². The third-order valence-corrected chi connectivity index (χ3v) is 12.2. The highest BCUT2D eigenvalue weighted by Gasteiger charge is 2.51. The highest BCUT2D eigenvalue weighted by molar-refractivity contribution is 5.74. The van der Waals surface area contributed by atoms with Crippen molar-refractivity contribution in [3.05, 3.63) is 85.1 Å². The number of nitrogens with two attached hydrogens (primary N) is 1. The number of rotatable bonds is 3. The molecule has 19 atom stereocenters. The maximum absolute atomic E-state index is 13.1. The summed E-state index contributed by atoms with van der Waals surface area (Å²) in [6, 6.07) is -1.12. The number of cyclic esters (lactones) is 1. The Bertz CT molecular complexity index is 1680. The lowest BCUT2D eigenvalue weighted by Gasteiger charge is -2.45. The largest absolute Gasteiger partial charge is 0.469 e. The Morgan fingerprint density at radius 2 is 1.24 bits per heavy atom. The van der Waals surface area contributed by atoms with Gasteiger partial charge in [0.25, 0.3) is 0 Å². The SMILES string of the molecule is COC(=O)C1C(O)CC2(O)CC(O)CC(O)CCC(O)C(O)CC(O)CC(=O)OC(C)C(C)C(O)C(C)C=CC=CC=CC=CC=CC=CC=CC(OC3OC(C)C(O)C(N)C3O)CC1O2. The van der Waals surface area contributed by atoms with Gasteiger partial charge in [0.2, 0.25) is 0 Å². The standard InChI is InChI=1S/C48H75NO17/c1-28-18-16-14-12-10-8-6-7-9-11-13-15-17-19-35(65-47-45(59)42(49)44(58)31(4)64-47)25-39-41(46(60)62-5)38(55)27-48(61,66-39)26-34(52)22-32(50)20-21-36(53)37(54)23-33(51)24-40(56)63-30(3)29(2)43(28)57/h6-19,28-39,41-45,47,50-55,57-59,61H,20-27,49H2,1-5H3. The topological polar surface area (TPSA) is 309 Å². The van der Waals surface area contributed by atoms with E-state index in [1.807, 2.05) is 37.3 Å². The molecule has 3 aliphatic rings. The fraction of sp³-hybridized carbons (Fsp3) is 0.667. The first-order valence-corrected chi connectivity index (χ1v) is 22.7. The number of aliphatic hydroxyl groups excluding tert-OH is 9. The molecule has 0 aromatic heterocycles. The van der Waals surface area contributed by atoms with Gasteiger partial charge < -0.3 is 80.5 Å². The predicted molar refractivity (Wildman–Crippen MR) is 241 cm³/mol. The molecule has 3 aliphatic heterocycles. The van der Waals surface area contributed by atoms with Crippen LogP contribution in [0, 0.1) is 17.8 Å². The van der Waals surface area contributed by atoms with Gasteiger partial charge in [0.1, 0.15) is 18.1 Å². The monoisotopic (exact) mass is 938 g/mol. The van der Waals surface area contributed by atoms with E-state index in [-0.39, 0.29) is 38.0 Å². The van der Waals surface area contributed by atoms with Gasteiger partial charge in [-0.3, -0.25) is 9.59 Å². The van der Waals surface area contributed by atoms with Crippen molar-refractivity contribution in [3.63, 3.8) is 0 Å². The number of carbonyl (C=O) groups is 2. The van der Waals surface area contributed by atoms with Crippen molar-refractivity contribution in [2.75, 3.05) is 7.11 Å². The van der Waals surface area contributed by atoms with Crippen molar-refractivity contribution in [3.8, 4) is 0 Å². The smallest absolute Gasteiger partial charge is 0.313 e. The molecular formula is C48H75NO17. The average Bonchev–Trinajstić information content (AvgIpc) is 3.24. The van der Waals surface area contributed by atoms with E-state index in [4.69, 9.17) is 29.4 Å². The summed E-state index contributed by atoms with van der Waals surface area (Å²) in [4.78, 5) is 25.7. The second kappa shape index (κ2) is 28.1. The molecule has 3 rings (SSSR count). The first-order chi connectivity index (χ1) is 31.2. The molecule has 0 radical (unpaired) electrons. The van der Waals surface area contributed by atoms with Crippen LogP contribution >= 0.6 is 0 Å². The predicted octanol–water partition coefficient (Wildman–Crippen LogP) is 0.800. The van der Waals surface area contributed by atoms with E-state index in [0.717, 1.165) is 7.11 Å². The summed E-state index contributed by atoms with van der Waals surface area (Å²) in [5, 5.41) is 109. The van der Waals surface area contributed by atoms with Crippen LogP contribution in [0.1, 0.15) is 79.1 Å². The summed E-state index contributed by atoms with van der Waals surface area (Å²) in [6.45, 7) is 6.76. The lowest BCUT2D eigenvalue weighted by atomic mass is 9.82. The van der Waals surface area contributed by atoms with E-state index < -0.39 is 141 Å². The maximum Gasteiger partial charge on any atom is 0.313 e. The van der Waals surface area contributed by atoms with Gasteiger partial charge in [0.15, 0.2) is 12.1 Å². The van der Waals surface area contributed by atoms with Crippen molar-refractivity contribution in [1.29, 1.82) is 0 Å². The second-order valence-electron chi connectivity index (χ2n) is 17.8. The third kappa shape index (κ3) is 18.6. The molecule has 0 aromatic rings. The number of hydrogen-bond acceptors (Lipinski definition) is 18. The summed E-state index contributed by atoms with van der Waals surface area (Å²) in [6.07, 6.45) is 4.59. The number of carbonyl (C=O) groups excluding carboxylic acids is 2. The Morgan fingerprint density at radius 1 is 0.667 bits per heavy atom. The van der Waals surface area contributed by atoms with Crippen LogP contribution < -0.4 is 5.73 Å². The van der Waals surface area contributed by atoms with E-state index >= 15 is 0 Å². The Hall–Kier alpha value is -3.44. The van der Waals surface area contributed by atoms with Gasteiger partial charge in [-0.25, -0.2) is 0 Å². The summed E-state index contributed by atoms with van der Waals surface area (Å²) in [5.74, 6) is -5.93. The molecule has 12 N–H and O–H groups in total. The van der Waals surface area contributed by atoms with Crippen molar-refractivity contribution in [2.45, 2.75) is 177 Å². The molecule has 3 heterocycles. The zero-order valence-corrected chi connectivity index (χ0v) is 38.5. The number of aliphatic hydroxyl groups is 10. The number of hydrogen-bond donors (Lipinski definition) is 11. The molecule has 19 unspecified atom stereocenters. The van der Waals surface area contributed by atoms with Crippen molar-refractivity contribution in [1.82, 2.24) is 0 Å². The number of fused-ring (bicyclic) bond motifs is 2. The van der Waals surface area contributed by atoms with Crippen molar-refractivity contribution >= 4 is 11.9 Å². The quantitative estimate of drug-likeness (QED) is 0.174. The Balaban J connectivity index is 1.88. The van der Waals surface area contributed by atoms with Crippen LogP contribution in [0.15, 0.2) is 85.1 Å². The molecule has 0 saturated carbocycles. The van der Waals surface area contributed by atoms with E-state index in [2.05, 4.69) is 0 Å². The minimum absolute atomic E-state index is 0.123. The highest BCUT2D eigenvalue weighted by atomic mass is 16.7. The Morgan fingerprint density at radius 3 is 1.83 bits per heavy atom. The maximum atomic E-state index is 13.1. The van der Waals surface area contributed by atoms with Crippen LogP contribution in [0.3, 0.4) is 0 Å². The molecule has 18 heteroatoms. The van der Waals surface area contributed by atoms with Gasteiger partial charge >= 0.3 is 11.9 Å². The lowest BCUT2D eigenvalue weighted by Crippen LogP contribution is -2.61. The molecular weight excluding hydrogens is 863 g/mol. The van der Waals surface area contributed by atoms with Gasteiger partial charge in [0.05, 0.1) is 86.7 Å². The van der Waals surface area contributed by atoms with Crippen LogP contribution in [-0.4, -0.2) is 168 Å². The highest BCUT2D eigenvalue weighted by Crippen LogP contribution is 2.38.